The lowest BCUT2D eigenvalue weighted by Gasteiger charge is -2.28. The minimum Gasteiger partial charge on any atom is -0.480 e. The van der Waals surface area contributed by atoms with Gasteiger partial charge in [-0.2, -0.15) is 0 Å². The van der Waals surface area contributed by atoms with Crippen LogP contribution < -0.4 is 15.2 Å². The zero-order valence-corrected chi connectivity index (χ0v) is 22.4. The van der Waals surface area contributed by atoms with Crippen LogP contribution in [-0.2, 0) is 23.9 Å². The van der Waals surface area contributed by atoms with Crippen LogP contribution in [-0.4, -0.2) is 48.9 Å². The molecule has 3 N–H and O–H groups in total. The Hall–Kier alpha value is -3.14. The highest BCUT2D eigenvalue weighted by Crippen LogP contribution is 2.38. The molecule has 0 aliphatic carbocycles. The molecule has 3 atom stereocenters. The standard InChI is InChI=1S/C26H39NO9/c1-9-25(4,5)22(30)35-17-12-11-16(13-18(17)36-23(31)26(6,7)10-2)19(20(27)21(28)29)15(3)14-34-24(32)33-8/h11-13,15,19-20H,9-10,14,27H2,1-8H3,(H,28,29)/t15?,19?,20-/m0/s1. The van der Waals surface area contributed by atoms with E-state index in [9.17, 15) is 24.3 Å². The number of hydrogen-bond donors (Lipinski definition) is 2. The number of esters is 2. The third-order valence-corrected chi connectivity index (χ3v) is 6.55. The number of carbonyl (C=O) groups excluding carboxylic acids is 3. The predicted molar refractivity (Wildman–Crippen MR) is 132 cm³/mol. The van der Waals surface area contributed by atoms with Crippen molar-refractivity contribution in [1.82, 2.24) is 0 Å². The second kappa shape index (κ2) is 12.7. The van der Waals surface area contributed by atoms with Gasteiger partial charge < -0.3 is 29.8 Å². The number of carboxylic acid groups (broad SMARTS) is 1. The molecule has 36 heavy (non-hydrogen) atoms. The van der Waals surface area contributed by atoms with Gasteiger partial charge in [-0.1, -0.05) is 26.8 Å². The first-order valence-electron chi connectivity index (χ1n) is 11.9. The molecule has 0 bridgehead atoms. The molecule has 0 aliphatic rings. The average molecular weight is 510 g/mol. The first-order chi connectivity index (χ1) is 16.6. The highest BCUT2D eigenvalue weighted by molar-refractivity contribution is 5.81. The Kier molecular flexibility index (Phi) is 10.9. The van der Waals surface area contributed by atoms with Gasteiger partial charge in [0.1, 0.15) is 6.04 Å². The summed E-state index contributed by atoms with van der Waals surface area (Å²) in [6.07, 6.45) is 0.106. The molecule has 0 amide bonds. The zero-order valence-electron chi connectivity index (χ0n) is 22.4. The van der Waals surface area contributed by atoms with Crippen molar-refractivity contribution < 1.29 is 43.2 Å². The number of ether oxygens (including phenoxy) is 4. The van der Waals surface area contributed by atoms with Crippen molar-refractivity contribution >= 4 is 24.1 Å². The molecule has 0 aliphatic heterocycles. The summed E-state index contributed by atoms with van der Waals surface area (Å²) in [5, 5.41) is 9.62. The summed E-state index contributed by atoms with van der Waals surface area (Å²) in [5.41, 5.74) is 4.80. The van der Waals surface area contributed by atoms with Crippen LogP contribution in [0.25, 0.3) is 0 Å². The molecule has 10 nitrogen and oxygen atoms in total. The highest BCUT2D eigenvalue weighted by Gasteiger charge is 2.35. The van der Waals surface area contributed by atoms with Gasteiger partial charge >= 0.3 is 24.1 Å². The second-order valence-corrected chi connectivity index (χ2v) is 10.1. The molecule has 0 aromatic heterocycles. The summed E-state index contributed by atoms with van der Waals surface area (Å²) >= 11 is 0. The Morgan fingerprint density at radius 3 is 1.89 bits per heavy atom. The van der Waals surface area contributed by atoms with Crippen LogP contribution in [0, 0.1) is 16.7 Å². The lowest BCUT2D eigenvalue weighted by Crippen LogP contribution is -2.40. The molecular weight excluding hydrogens is 470 g/mol. The smallest absolute Gasteiger partial charge is 0.480 e. The lowest BCUT2D eigenvalue weighted by atomic mass is 9.82. The van der Waals surface area contributed by atoms with E-state index in [4.69, 9.17) is 19.9 Å². The SMILES string of the molecule is CCC(C)(C)C(=O)Oc1ccc(C(C(C)COC(=O)OC)[C@H](N)C(=O)O)cc1OC(=O)C(C)(C)CC. The van der Waals surface area contributed by atoms with Crippen molar-refractivity contribution in [3.63, 3.8) is 0 Å². The number of carbonyl (C=O) groups is 4. The first kappa shape index (κ1) is 30.9. The number of aliphatic carboxylic acids is 1. The minimum atomic E-state index is -1.37. The zero-order chi connectivity index (χ0) is 27.8. The van der Waals surface area contributed by atoms with Crippen molar-refractivity contribution in [2.24, 2.45) is 22.5 Å². The van der Waals surface area contributed by atoms with Crippen molar-refractivity contribution in [1.29, 1.82) is 0 Å². The largest absolute Gasteiger partial charge is 0.507 e. The first-order valence-corrected chi connectivity index (χ1v) is 11.9. The van der Waals surface area contributed by atoms with Crippen molar-refractivity contribution in [3.8, 4) is 11.5 Å². The highest BCUT2D eigenvalue weighted by atomic mass is 16.7. The Balaban J connectivity index is 3.55. The molecule has 0 saturated heterocycles. The number of carboxylic acids is 1. The van der Waals surface area contributed by atoms with E-state index >= 15 is 0 Å². The quantitative estimate of drug-likeness (QED) is 0.308. The predicted octanol–water partition coefficient (Wildman–Crippen LogP) is 4.28. The molecule has 0 saturated carbocycles. The van der Waals surface area contributed by atoms with Gasteiger partial charge in [0, 0.05) is 5.92 Å². The fourth-order valence-corrected chi connectivity index (χ4v) is 3.07. The van der Waals surface area contributed by atoms with Gasteiger partial charge in [-0.25, -0.2) is 4.79 Å². The Labute approximate surface area is 212 Å². The summed E-state index contributed by atoms with van der Waals surface area (Å²) in [6, 6.07) is 3.05. The van der Waals surface area contributed by atoms with E-state index in [1.807, 2.05) is 13.8 Å². The van der Waals surface area contributed by atoms with Gasteiger partial charge in [0.05, 0.1) is 24.5 Å². The molecule has 0 heterocycles. The number of methoxy groups -OCH3 is 1. The fraction of sp³-hybridized carbons (Fsp3) is 0.615. The second-order valence-electron chi connectivity index (χ2n) is 10.1. The normalized spacial score (nSPS) is 14.2. The van der Waals surface area contributed by atoms with Crippen molar-refractivity contribution in [3.05, 3.63) is 23.8 Å². The van der Waals surface area contributed by atoms with E-state index in [2.05, 4.69) is 4.74 Å². The van der Waals surface area contributed by atoms with E-state index in [1.54, 1.807) is 40.7 Å². The molecule has 2 unspecified atom stereocenters. The number of hydrogen-bond acceptors (Lipinski definition) is 9. The van der Waals surface area contributed by atoms with Crippen LogP contribution in [0.2, 0.25) is 0 Å². The van der Waals surface area contributed by atoms with Gasteiger partial charge in [-0.15, -0.1) is 0 Å². The fourth-order valence-electron chi connectivity index (χ4n) is 3.07. The minimum absolute atomic E-state index is 0.0200. The maximum absolute atomic E-state index is 12.9. The average Bonchev–Trinajstić information content (AvgIpc) is 2.83. The molecular formula is C26H39NO9. The van der Waals surface area contributed by atoms with E-state index in [0.29, 0.717) is 18.4 Å². The van der Waals surface area contributed by atoms with E-state index in [1.165, 1.54) is 12.1 Å². The third-order valence-electron chi connectivity index (χ3n) is 6.55. The van der Waals surface area contributed by atoms with Crippen molar-refractivity contribution in [2.45, 2.75) is 73.3 Å². The van der Waals surface area contributed by atoms with Crippen LogP contribution in [0.15, 0.2) is 18.2 Å². The van der Waals surface area contributed by atoms with Crippen LogP contribution in [0.1, 0.15) is 72.8 Å². The van der Waals surface area contributed by atoms with Gasteiger partial charge in [0.25, 0.3) is 0 Å². The molecule has 1 rings (SSSR count). The maximum atomic E-state index is 12.9. The monoisotopic (exact) mass is 509 g/mol. The lowest BCUT2D eigenvalue weighted by molar-refractivity contribution is -0.147. The van der Waals surface area contributed by atoms with Gasteiger partial charge in [-0.05, 0) is 64.2 Å². The number of benzene rings is 1. The summed E-state index contributed by atoms with van der Waals surface area (Å²) in [7, 11) is 1.16. The van der Waals surface area contributed by atoms with Crippen LogP contribution in [0.3, 0.4) is 0 Å². The molecule has 202 valence electrons. The Morgan fingerprint density at radius 2 is 1.44 bits per heavy atom. The number of rotatable bonds is 12. The topological polar surface area (TPSA) is 151 Å². The number of nitrogens with two attached hydrogens (primary N) is 1. The molecule has 10 heteroatoms. The molecule has 0 fully saturated rings. The Morgan fingerprint density at radius 1 is 0.944 bits per heavy atom. The summed E-state index contributed by atoms with van der Waals surface area (Å²) in [6.45, 7) is 12.1. The molecule has 1 aromatic rings. The summed E-state index contributed by atoms with van der Waals surface area (Å²) in [4.78, 5) is 48.8. The van der Waals surface area contributed by atoms with Crippen LogP contribution in [0.4, 0.5) is 4.79 Å². The summed E-state index contributed by atoms with van der Waals surface area (Å²) < 4.78 is 20.7. The van der Waals surface area contributed by atoms with Gasteiger partial charge in [-0.3, -0.25) is 14.4 Å². The van der Waals surface area contributed by atoms with Gasteiger partial charge in [0.15, 0.2) is 11.5 Å². The Bertz CT molecular complexity index is 955. The van der Waals surface area contributed by atoms with Crippen LogP contribution >= 0.6 is 0 Å². The maximum Gasteiger partial charge on any atom is 0.507 e. The van der Waals surface area contributed by atoms with Crippen LogP contribution in [0.5, 0.6) is 11.5 Å². The van der Waals surface area contributed by atoms with Crippen molar-refractivity contribution in [2.75, 3.05) is 13.7 Å². The van der Waals surface area contributed by atoms with E-state index in [0.717, 1.165) is 7.11 Å². The van der Waals surface area contributed by atoms with E-state index < -0.39 is 52.8 Å². The summed E-state index contributed by atoms with van der Waals surface area (Å²) in [5.74, 6) is -3.75. The van der Waals surface area contributed by atoms with Gasteiger partial charge in [0.2, 0.25) is 0 Å². The molecule has 0 radical (unpaired) electrons. The van der Waals surface area contributed by atoms with E-state index in [-0.39, 0.29) is 18.1 Å². The third kappa shape index (κ3) is 7.94. The molecule has 1 aromatic carbocycles. The molecule has 0 spiro atoms.